The number of carboxylic acids is 2. The Balaban J connectivity index is 0.000000658. The van der Waals surface area contributed by atoms with Gasteiger partial charge < -0.3 is 30.7 Å². The van der Waals surface area contributed by atoms with Gasteiger partial charge in [-0.05, 0) is 51.3 Å². The molecule has 0 saturated heterocycles. The first kappa shape index (κ1) is 29.7. The van der Waals surface area contributed by atoms with Crippen LogP contribution in [0.1, 0.15) is 57.9 Å². The Morgan fingerprint density at radius 1 is 1.17 bits per heavy atom. The van der Waals surface area contributed by atoms with Gasteiger partial charge in [-0.2, -0.15) is 0 Å². The summed E-state index contributed by atoms with van der Waals surface area (Å²) in [6.45, 7) is 7.88. The molecule has 2 rings (SSSR count). The smallest absolute Gasteiger partial charge is 0.328 e. The minimum atomic E-state index is -1.26. The van der Waals surface area contributed by atoms with Crippen LogP contribution in [0.3, 0.4) is 0 Å². The number of carboxylic acid groups (broad SMARTS) is 2. The average Bonchev–Trinajstić information content (AvgIpc) is 2.82. The number of hydrogen-bond acceptors (Lipinski definition) is 7. The molecule has 1 atom stereocenters. The molecule has 1 heterocycles. The van der Waals surface area contributed by atoms with Crippen molar-refractivity contribution in [1.82, 2.24) is 4.98 Å². The molecule has 1 unspecified atom stereocenters. The van der Waals surface area contributed by atoms with Crippen LogP contribution in [0.25, 0.3) is 10.9 Å². The fourth-order valence-corrected chi connectivity index (χ4v) is 3.45. The van der Waals surface area contributed by atoms with E-state index < -0.39 is 11.9 Å². The lowest BCUT2D eigenvalue weighted by molar-refractivity contribution is -0.134. The van der Waals surface area contributed by atoms with Gasteiger partial charge in [0.2, 0.25) is 0 Å². The van der Waals surface area contributed by atoms with E-state index in [-0.39, 0.29) is 0 Å². The van der Waals surface area contributed by atoms with Crippen LogP contribution in [0.4, 0.5) is 5.69 Å². The molecule has 5 N–H and O–H groups in total. The summed E-state index contributed by atoms with van der Waals surface area (Å²) in [5, 5.41) is 20.2. The van der Waals surface area contributed by atoms with Crippen molar-refractivity contribution in [1.29, 1.82) is 0 Å². The maximum absolute atomic E-state index is 9.55. The predicted octanol–water partition coefficient (Wildman–Crippen LogP) is 4.76. The molecule has 0 spiro atoms. The first-order chi connectivity index (χ1) is 16.7. The van der Waals surface area contributed by atoms with Crippen LogP contribution in [-0.2, 0) is 9.59 Å². The molecule has 194 valence electrons. The maximum atomic E-state index is 9.55. The molecule has 0 fully saturated rings. The summed E-state index contributed by atoms with van der Waals surface area (Å²) < 4.78 is 11.9. The molecule has 1 aromatic carbocycles. The highest BCUT2D eigenvalue weighted by atomic mass is 16.5. The molecule has 0 aliphatic rings. The number of benzene rings is 1. The fourth-order valence-electron chi connectivity index (χ4n) is 3.45. The van der Waals surface area contributed by atoms with E-state index in [2.05, 4.69) is 31.1 Å². The van der Waals surface area contributed by atoms with Crippen molar-refractivity contribution >= 4 is 28.5 Å². The second-order valence-electron chi connectivity index (χ2n) is 8.20. The van der Waals surface area contributed by atoms with Crippen LogP contribution in [-0.4, -0.2) is 53.4 Å². The van der Waals surface area contributed by atoms with Crippen LogP contribution in [0.5, 0.6) is 11.5 Å². The summed E-state index contributed by atoms with van der Waals surface area (Å²) >= 11 is 0. The quantitative estimate of drug-likeness (QED) is 0.218. The number of aryl methyl sites for hydroxylation is 1. The van der Waals surface area contributed by atoms with Crippen LogP contribution < -0.4 is 20.5 Å². The number of nitrogens with one attached hydrogen (secondary N) is 1. The Bertz CT molecular complexity index is 961. The van der Waals surface area contributed by atoms with Gasteiger partial charge in [-0.3, -0.25) is 4.98 Å². The number of unbranched alkanes of at least 4 members (excludes halogenated alkanes) is 3. The number of methoxy groups -OCH3 is 1. The topological polar surface area (TPSA) is 144 Å². The molecule has 2 aromatic rings. The van der Waals surface area contributed by atoms with E-state index in [0.717, 1.165) is 52.9 Å². The Kier molecular flexibility index (Phi) is 13.9. The Morgan fingerprint density at radius 2 is 1.86 bits per heavy atom. The van der Waals surface area contributed by atoms with Gasteiger partial charge in [-0.1, -0.05) is 26.2 Å². The summed E-state index contributed by atoms with van der Waals surface area (Å²) in [6.07, 6.45) is 9.68. The zero-order valence-electron chi connectivity index (χ0n) is 21.2. The number of pyridine rings is 1. The number of ether oxygens (including phenoxy) is 2. The molecule has 0 saturated carbocycles. The first-order valence-corrected chi connectivity index (χ1v) is 11.9. The second-order valence-corrected chi connectivity index (χ2v) is 8.20. The number of aromatic nitrogens is 1. The third-order valence-electron chi connectivity index (χ3n) is 5.22. The van der Waals surface area contributed by atoms with E-state index in [1.54, 1.807) is 7.11 Å². The number of fused-ring (bicyclic) bond motifs is 1. The largest absolute Gasteiger partial charge is 0.493 e. The van der Waals surface area contributed by atoms with Gasteiger partial charge >= 0.3 is 11.9 Å². The van der Waals surface area contributed by atoms with E-state index in [9.17, 15) is 9.59 Å². The minimum absolute atomic E-state index is 0.310. The van der Waals surface area contributed by atoms with Gasteiger partial charge in [-0.15, -0.1) is 0 Å². The highest BCUT2D eigenvalue weighted by Gasteiger charge is 2.18. The lowest BCUT2D eigenvalue weighted by Gasteiger charge is -2.20. The van der Waals surface area contributed by atoms with Crippen molar-refractivity contribution < 1.29 is 29.3 Å². The first-order valence-electron chi connectivity index (χ1n) is 11.9. The fraction of sp³-hybridized carbons (Fsp3) is 0.500. The molecule has 1 aromatic heterocycles. The molecular formula is C26H39N3O6. The number of carbonyl (C=O) groups is 2. The van der Waals surface area contributed by atoms with Gasteiger partial charge in [0.15, 0.2) is 11.5 Å². The summed E-state index contributed by atoms with van der Waals surface area (Å²) in [7, 11) is 1.69. The molecule has 9 heteroatoms. The van der Waals surface area contributed by atoms with Crippen molar-refractivity contribution in [2.24, 2.45) is 5.73 Å². The molecule has 0 aliphatic heterocycles. The van der Waals surface area contributed by atoms with E-state index in [0.29, 0.717) is 31.3 Å². The van der Waals surface area contributed by atoms with Crippen molar-refractivity contribution in [3.05, 3.63) is 36.0 Å². The van der Waals surface area contributed by atoms with E-state index in [1.165, 1.54) is 19.3 Å². The van der Waals surface area contributed by atoms with Gasteiger partial charge in [-0.25, -0.2) is 9.59 Å². The van der Waals surface area contributed by atoms with Gasteiger partial charge in [0.05, 0.1) is 30.3 Å². The van der Waals surface area contributed by atoms with Crippen molar-refractivity contribution in [3.8, 4) is 11.5 Å². The minimum Gasteiger partial charge on any atom is -0.493 e. The molecule has 35 heavy (non-hydrogen) atoms. The molecule has 0 aliphatic carbocycles. The number of nitrogens with two attached hydrogens (primary N) is 1. The average molecular weight is 490 g/mol. The molecule has 0 bridgehead atoms. The van der Waals surface area contributed by atoms with Gasteiger partial charge in [0.1, 0.15) is 0 Å². The van der Waals surface area contributed by atoms with Crippen molar-refractivity contribution in [2.75, 3.05) is 25.6 Å². The lowest BCUT2D eigenvalue weighted by atomic mass is 10.1. The highest BCUT2D eigenvalue weighted by molar-refractivity contribution is 5.99. The van der Waals surface area contributed by atoms with E-state index in [4.69, 9.17) is 25.4 Å². The molecule has 0 radical (unpaired) electrons. The van der Waals surface area contributed by atoms with Gasteiger partial charge in [0, 0.05) is 30.5 Å². The normalized spacial score (nSPS) is 11.6. The summed E-state index contributed by atoms with van der Waals surface area (Å²) in [5.41, 5.74) is 8.69. The predicted molar refractivity (Wildman–Crippen MR) is 138 cm³/mol. The third-order valence-corrected chi connectivity index (χ3v) is 5.22. The molecular weight excluding hydrogens is 450 g/mol. The summed E-state index contributed by atoms with van der Waals surface area (Å²) in [5.74, 6) is -0.961. The Morgan fingerprint density at radius 3 is 2.43 bits per heavy atom. The van der Waals surface area contributed by atoms with Gasteiger partial charge in [0.25, 0.3) is 0 Å². The lowest BCUT2D eigenvalue weighted by Crippen LogP contribution is -2.17. The summed E-state index contributed by atoms with van der Waals surface area (Å²) in [4.78, 5) is 23.8. The number of nitrogens with zero attached hydrogens (tertiary/aromatic N) is 1. The number of hydrogen-bond donors (Lipinski definition) is 4. The summed E-state index contributed by atoms with van der Waals surface area (Å²) in [6, 6.07) is 4.34. The van der Waals surface area contributed by atoms with Crippen LogP contribution >= 0.6 is 0 Å². The number of rotatable bonds is 14. The zero-order valence-corrected chi connectivity index (χ0v) is 21.2. The van der Waals surface area contributed by atoms with Crippen molar-refractivity contribution in [2.45, 2.75) is 65.3 Å². The van der Waals surface area contributed by atoms with E-state index in [1.807, 2.05) is 18.3 Å². The number of anilines is 1. The zero-order chi connectivity index (χ0) is 26.2. The second kappa shape index (κ2) is 16.3. The Labute approximate surface area is 207 Å². The number of aliphatic carboxylic acids is 2. The van der Waals surface area contributed by atoms with Crippen LogP contribution in [0.15, 0.2) is 30.5 Å². The van der Waals surface area contributed by atoms with E-state index >= 15 is 0 Å². The third kappa shape index (κ3) is 10.6. The van der Waals surface area contributed by atoms with Crippen LogP contribution in [0.2, 0.25) is 0 Å². The van der Waals surface area contributed by atoms with Crippen LogP contribution in [0, 0.1) is 6.92 Å². The highest BCUT2D eigenvalue weighted by Crippen LogP contribution is 2.41. The molecule has 9 nitrogen and oxygen atoms in total. The standard InChI is InChI=1S/C22H35N3O2.C4H4O4/c1-5-6-7-8-14-27-22-19(26-4)15-18(25-17(3)10-9-12-23)21-20(22)16(2)11-13-24-21;5-3(6)1-2-4(7)8/h11,13,15,17,25H,5-10,12,14,23H2,1-4H3;1-2H,(H,5,6)(H,7,8). The van der Waals surface area contributed by atoms with Crippen molar-refractivity contribution in [3.63, 3.8) is 0 Å². The monoisotopic (exact) mass is 489 g/mol. The SMILES string of the molecule is CCCCCCOc1c(OC)cc(NC(C)CCCN)c2nccc(C)c12.O=C(O)C=CC(=O)O. The molecule has 0 amide bonds. The Hall–Kier alpha value is -3.33. The maximum Gasteiger partial charge on any atom is 0.328 e.